The molecule has 1 aliphatic rings. The first-order valence-corrected chi connectivity index (χ1v) is 10.4. The molecule has 0 unspecified atom stereocenters. The summed E-state index contributed by atoms with van der Waals surface area (Å²) in [4.78, 5) is 23.1. The highest BCUT2D eigenvalue weighted by atomic mass is 16.5. The molecule has 0 radical (unpaired) electrons. The summed E-state index contributed by atoms with van der Waals surface area (Å²) in [6.45, 7) is 3.83. The van der Waals surface area contributed by atoms with E-state index in [-0.39, 0.29) is 12.6 Å². The van der Waals surface area contributed by atoms with Gasteiger partial charge in [0.25, 0.3) is 0 Å². The number of imidazole rings is 1. The molecule has 0 spiro atoms. The minimum absolute atomic E-state index is 0.0180. The van der Waals surface area contributed by atoms with Gasteiger partial charge in [-0.15, -0.1) is 0 Å². The number of nitrogens with zero attached hydrogens (tertiary/aromatic N) is 4. The number of morpholine rings is 1. The first-order valence-electron chi connectivity index (χ1n) is 10.4. The molecule has 1 aromatic carbocycles. The molecule has 2 aromatic heterocycles. The summed E-state index contributed by atoms with van der Waals surface area (Å²) in [7, 11) is 0. The van der Waals surface area contributed by atoms with Crippen molar-refractivity contribution in [2.45, 2.75) is 25.8 Å². The number of hydrogen-bond acceptors (Lipinski definition) is 6. The molecule has 0 atom stereocenters. The zero-order valence-electron chi connectivity index (χ0n) is 17.0. The van der Waals surface area contributed by atoms with E-state index in [0.29, 0.717) is 50.6 Å². The van der Waals surface area contributed by atoms with Gasteiger partial charge in [-0.2, -0.15) is 0 Å². The largest absolute Gasteiger partial charge is 0.396 e. The van der Waals surface area contributed by atoms with E-state index in [2.05, 4.69) is 19.9 Å². The smallest absolute Gasteiger partial charge is 0.317 e. The Morgan fingerprint density at radius 3 is 2.80 bits per heavy atom. The molecule has 0 aliphatic carbocycles. The number of amides is 2. The maximum absolute atomic E-state index is 12.2. The second-order valence-corrected chi connectivity index (χ2v) is 7.40. The van der Waals surface area contributed by atoms with Gasteiger partial charge in [0.2, 0.25) is 0 Å². The lowest BCUT2D eigenvalue weighted by molar-refractivity contribution is 0.0532. The molecule has 0 bridgehead atoms. The minimum Gasteiger partial charge on any atom is -0.396 e. The fourth-order valence-corrected chi connectivity index (χ4v) is 3.91. The second-order valence-electron chi connectivity index (χ2n) is 7.40. The number of unbranched alkanes of at least 4 members (excludes halogenated alkanes) is 1. The normalized spacial score (nSPS) is 14.5. The third-order valence-corrected chi connectivity index (χ3v) is 5.41. The van der Waals surface area contributed by atoms with Crippen LogP contribution in [-0.4, -0.2) is 70.0 Å². The lowest BCUT2D eigenvalue weighted by Gasteiger charge is -2.26. The zero-order chi connectivity index (χ0) is 20.9. The van der Waals surface area contributed by atoms with Crippen molar-refractivity contribution < 1.29 is 14.6 Å². The fraction of sp³-hybridized carbons (Fsp3) is 0.476. The van der Waals surface area contributed by atoms with E-state index in [4.69, 9.17) is 10.5 Å². The molecule has 1 saturated heterocycles. The lowest BCUT2D eigenvalue weighted by atomic mass is 10.2. The molecule has 2 amide bonds. The molecular weight excluding hydrogens is 384 g/mol. The van der Waals surface area contributed by atoms with Gasteiger partial charge in [0.15, 0.2) is 5.82 Å². The van der Waals surface area contributed by atoms with Crippen LogP contribution >= 0.6 is 0 Å². The van der Waals surface area contributed by atoms with Crippen molar-refractivity contribution in [2.75, 3.05) is 45.2 Å². The Morgan fingerprint density at radius 1 is 1.20 bits per heavy atom. The number of aliphatic hydroxyl groups excluding tert-OH is 1. The van der Waals surface area contributed by atoms with E-state index in [9.17, 15) is 9.90 Å². The van der Waals surface area contributed by atoms with Crippen molar-refractivity contribution in [3.8, 4) is 0 Å². The van der Waals surface area contributed by atoms with Crippen LogP contribution in [0.1, 0.15) is 18.7 Å². The van der Waals surface area contributed by atoms with Gasteiger partial charge in [0.05, 0.1) is 30.9 Å². The summed E-state index contributed by atoms with van der Waals surface area (Å²) in [6, 6.07) is 7.84. The molecule has 4 rings (SSSR count). The van der Waals surface area contributed by atoms with Gasteiger partial charge in [0.1, 0.15) is 11.3 Å². The zero-order valence-corrected chi connectivity index (χ0v) is 17.0. The number of aliphatic hydroxyl groups is 1. The predicted molar refractivity (Wildman–Crippen MR) is 115 cm³/mol. The van der Waals surface area contributed by atoms with Crippen LogP contribution in [0.4, 0.5) is 10.6 Å². The number of para-hydroxylation sites is 1. The Hall–Kier alpha value is -2.91. The van der Waals surface area contributed by atoms with Crippen LogP contribution in [0.3, 0.4) is 0 Å². The van der Waals surface area contributed by atoms with Crippen molar-refractivity contribution in [1.29, 1.82) is 0 Å². The highest BCUT2D eigenvalue weighted by Crippen LogP contribution is 2.29. The standard InChI is InChI=1S/C21H28N6O3/c22-20-18-19(15-5-1-2-6-16(15)24-20)27(17(25-18)7-12-28)9-4-3-8-23-21(29)26-10-13-30-14-11-26/h1-2,5-6,28H,3-4,7-14H2,(H2,22,24)(H,23,29). The molecule has 4 N–H and O–H groups in total. The van der Waals surface area contributed by atoms with Gasteiger partial charge in [-0.3, -0.25) is 0 Å². The number of benzene rings is 1. The molecule has 1 fully saturated rings. The van der Waals surface area contributed by atoms with Crippen LogP contribution < -0.4 is 11.1 Å². The molecule has 160 valence electrons. The number of urea groups is 1. The Balaban J connectivity index is 1.46. The number of rotatable bonds is 7. The summed E-state index contributed by atoms with van der Waals surface area (Å²) in [6.07, 6.45) is 2.16. The van der Waals surface area contributed by atoms with Crippen LogP contribution in [0.2, 0.25) is 0 Å². The number of anilines is 1. The highest BCUT2D eigenvalue weighted by Gasteiger charge is 2.18. The fourth-order valence-electron chi connectivity index (χ4n) is 3.91. The van der Waals surface area contributed by atoms with Gasteiger partial charge in [-0.05, 0) is 18.9 Å². The minimum atomic E-state index is -0.0304. The quantitative estimate of drug-likeness (QED) is 0.507. The van der Waals surface area contributed by atoms with E-state index in [1.165, 1.54) is 0 Å². The first-order chi connectivity index (χ1) is 14.7. The number of ether oxygens (including phenoxy) is 1. The third kappa shape index (κ3) is 4.17. The van der Waals surface area contributed by atoms with Crippen LogP contribution in [-0.2, 0) is 17.7 Å². The van der Waals surface area contributed by atoms with E-state index < -0.39 is 0 Å². The molecule has 30 heavy (non-hydrogen) atoms. The number of fused-ring (bicyclic) bond motifs is 3. The average Bonchev–Trinajstić information content (AvgIpc) is 3.13. The summed E-state index contributed by atoms with van der Waals surface area (Å²) in [5.74, 6) is 1.20. The number of aryl methyl sites for hydroxylation is 1. The Morgan fingerprint density at radius 2 is 2.00 bits per heavy atom. The number of nitrogens with two attached hydrogens (primary N) is 1. The van der Waals surface area contributed by atoms with E-state index >= 15 is 0 Å². The lowest BCUT2D eigenvalue weighted by Crippen LogP contribution is -2.46. The summed E-state index contributed by atoms with van der Waals surface area (Å²) in [5.41, 5.74) is 8.64. The Bertz CT molecular complexity index is 1030. The van der Waals surface area contributed by atoms with Gasteiger partial charge in [0, 0.05) is 38.0 Å². The van der Waals surface area contributed by atoms with Crippen molar-refractivity contribution in [1.82, 2.24) is 24.8 Å². The number of nitrogens with one attached hydrogen (secondary N) is 1. The number of hydrogen-bond donors (Lipinski definition) is 3. The summed E-state index contributed by atoms with van der Waals surface area (Å²) >= 11 is 0. The van der Waals surface area contributed by atoms with E-state index in [1.807, 2.05) is 24.3 Å². The second kappa shape index (κ2) is 9.27. The van der Waals surface area contributed by atoms with Gasteiger partial charge < -0.3 is 30.4 Å². The molecule has 1 aliphatic heterocycles. The monoisotopic (exact) mass is 412 g/mol. The summed E-state index contributed by atoms with van der Waals surface area (Å²) < 4.78 is 7.41. The van der Waals surface area contributed by atoms with Crippen LogP contribution in [0, 0.1) is 0 Å². The topological polar surface area (TPSA) is 119 Å². The number of aromatic nitrogens is 3. The summed E-state index contributed by atoms with van der Waals surface area (Å²) in [5, 5.41) is 13.5. The maximum Gasteiger partial charge on any atom is 0.317 e. The molecule has 3 heterocycles. The van der Waals surface area contributed by atoms with Gasteiger partial charge in [-0.1, -0.05) is 18.2 Å². The SMILES string of the molecule is Nc1nc2ccccc2c2c1nc(CCO)n2CCCCNC(=O)N1CCOCC1. The van der Waals surface area contributed by atoms with Gasteiger partial charge >= 0.3 is 6.03 Å². The molecule has 9 heteroatoms. The number of pyridine rings is 1. The van der Waals surface area contributed by atoms with Gasteiger partial charge in [-0.25, -0.2) is 14.8 Å². The van der Waals surface area contributed by atoms with Crippen LogP contribution in [0.25, 0.3) is 21.9 Å². The van der Waals surface area contributed by atoms with Crippen LogP contribution in [0.5, 0.6) is 0 Å². The Kier molecular flexibility index (Phi) is 6.29. The molecule has 9 nitrogen and oxygen atoms in total. The Labute approximate surface area is 174 Å². The molecule has 0 saturated carbocycles. The van der Waals surface area contributed by atoms with Crippen molar-refractivity contribution in [3.05, 3.63) is 30.1 Å². The predicted octanol–water partition coefficient (Wildman–Crippen LogP) is 1.52. The maximum atomic E-state index is 12.2. The van der Waals surface area contributed by atoms with Crippen molar-refractivity contribution in [2.24, 2.45) is 0 Å². The van der Waals surface area contributed by atoms with E-state index in [0.717, 1.165) is 41.6 Å². The molecular formula is C21H28N6O3. The average molecular weight is 412 g/mol. The van der Waals surface area contributed by atoms with Crippen molar-refractivity contribution >= 4 is 33.8 Å². The number of nitrogen functional groups attached to an aromatic ring is 1. The first kappa shape index (κ1) is 20.4. The van der Waals surface area contributed by atoms with E-state index in [1.54, 1.807) is 4.90 Å². The van der Waals surface area contributed by atoms with Crippen LogP contribution in [0.15, 0.2) is 24.3 Å². The third-order valence-electron chi connectivity index (χ3n) is 5.41. The number of carbonyl (C=O) groups excluding carboxylic acids is 1. The highest BCUT2D eigenvalue weighted by molar-refractivity contribution is 6.06. The molecule has 3 aromatic rings. The number of carbonyl (C=O) groups is 1. The van der Waals surface area contributed by atoms with Crippen molar-refractivity contribution in [3.63, 3.8) is 0 Å².